The average molecular weight is 354 g/mol. The van der Waals surface area contributed by atoms with Gasteiger partial charge in [-0.2, -0.15) is 0 Å². The average Bonchev–Trinajstić information content (AvgIpc) is 3.23. The molecule has 4 rings (SSSR count). The van der Waals surface area contributed by atoms with Crippen molar-refractivity contribution in [1.82, 2.24) is 19.7 Å². The van der Waals surface area contributed by atoms with Crippen molar-refractivity contribution in [1.29, 1.82) is 0 Å². The Morgan fingerprint density at radius 1 is 1.38 bits per heavy atom. The molecule has 6 nitrogen and oxygen atoms in total. The van der Waals surface area contributed by atoms with E-state index < -0.39 is 0 Å². The van der Waals surface area contributed by atoms with Gasteiger partial charge >= 0.3 is 0 Å². The number of hydrogen-bond donors (Lipinski definition) is 0. The van der Waals surface area contributed by atoms with Gasteiger partial charge in [-0.05, 0) is 42.4 Å². The molecule has 0 bridgehead atoms. The van der Waals surface area contributed by atoms with Gasteiger partial charge in [0.1, 0.15) is 17.9 Å². The summed E-state index contributed by atoms with van der Waals surface area (Å²) in [6.45, 7) is 1.63. The Hall–Kier alpha value is -2.37. The molecule has 1 amide bonds. The molecule has 1 aliphatic heterocycles. The van der Waals surface area contributed by atoms with Gasteiger partial charge in [-0.3, -0.25) is 4.79 Å². The third-order valence-electron chi connectivity index (χ3n) is 6.17. The molecule has 1 aliphatic carbocycles. The summed E-state index contributed by atoms with van der Waals surface area (Å²) < 4.78 is 7.28. The quantitative estimate of drug-likeness (QED) is 0.828. The molecule has 26 heavy (non-hydrogen) atoms. The molecule has 0 N–H and O–H groups in total. The number of nitrogens with zero attached hydrogens (tertiary/aromatic N) is 4. The number of likely N-dealkylation sites (tertiary alicyclic amines) is 1. The lowest BCUT2D eigenvalue weighted by Gasteiger charge is -2.42. The maximum atomic E-state index is 12.9. The van der Waals surface area contributed by atoms with E-state index in [1.54, 1.807) is 13.4 Å². The van der Waals surface area contributed by atoms with E-state index in [1.165, 1.54) is 19.3 Å². The number of aromatic nitrogens is 3. The minimum Gasteiger partial charge on any atom is -0.497 e. The molecule has 2 fully saturated rings. The first-order valence-electron chi connectivity index (χ1n) is 9.36. The minimum atomic E-state index is 0.215. The summed E-state index contributed by atoms with van der Waals surface area (Å²) in [6, 6.07) is 7.96. The summed E-state index contributed by atoms with van der Waals surface area (Å²) in [5.74, 6) is 2.41. The molecule has 1 aromatic carbocycles. The monoisotopic (exact) mass is 354 g/mol. The van der Waals surface area contributed by atoms with Crippen molar-refractivity contribution in [3.63, 3.8) is 0 Å². The summed E-state index contributed by atoms with van der Waals surface area (Å²) >= 11 is 0. The molecule has 6 heteroatoms. The minimum absolute atomic E-state index is 0.215. The predicted molar refractivity (Wildman–Crippen MR) is 97.9 cm³/mol. The van der Waals surface area contributed by atoms with Crippen LogP contribution >= 0.6 is 0 Å². The van der Waals surface area contributed by atoms with Crippen molar-refractivity contribution in [2.45, 2.75) is 38.0 Å². The van der Waals surface area contributed by atoms with E-state index in [4.69, 9.17) is 4.74 Å². The summed E-state index contributed by atoms with van der Waals surface area (Å²) in [5, 5.41) is 8.39. The summed E-state index contributed by atoms with van der Waals surface area (Å²) in [5.41, 5.74) is 1.35. The van der Waals surface area contributed by atoms with Crippen LogP contribution in [0.4, 0.5) is 0 Å². The number of amides is 1. The molecule has 2 aromatic rings. The van der Waals surface area contributed by atoms with E-state index in [0.717, 1.165) is 36.6 Å². The van der Waals surface area contributed by atoms with E-state index in [2.05, 4.69) is 21.2 Å². The molecular formula is C20H26N4O2. The third kappa shape index (κ3) is 2.97. The number of carbonyl (C=O) groups is 1. The standard InChI is InChI=1S/C20H26N4O2/c1-23-14-21-22-19(23)17-12-24(13-20(17)9-4-10-20)18(25)8-7-15-5-3-6-16(11-15)26-2/h3,5-6,11,14,17H,4,7-10,12-13H2,1-2H3. The fraction of sp³-hybridized carbons (Fsp3) is 0.550. The van der Waals surface area contributed by atoms with Crippen LogP contribution in [0.15, 0.2) is 30.6 Å². The largest absolute Gasteiger partial charge is 0.497 e. The lowest BCUT2D eigenvalue weighted by atomic mass is 9.62. The van der Waals surface area contributed by atoms with Crippen LogP contribution in [0.2, 0.25) is 0 Å². The highest BCUT2D eigenvalue weighted by atomic mass is 16.5. The Morgan fingerprint density at radius 2 is 2.23 bits per heavy atom. The molecular weight excluding hydrogens is 328 g/mol. The van der Waals surface area contributed by atoms with E-state index in [1.807, 2.05) is 29.8 Å². The van der Waals surface area contributed by atoms with Crippen molar-refractivity contribution in [3.05, 3.63) is 42.0 Å². The van der Waals surface area contributed by atoms with Gasteiger partial charge in [-0.25, -0.2) is 0 Å². The van der Waals surface area contributed by atoms with Crippen molar-refractivity contribution in [2.75, 3.05) is 20.2 Å². The number of carbonyl (C=O) groups excluding carboxylic acids is 1. The van der Waals surface area contributed by atoms with Crippen molar-refractivity contribution in [3.8, 4) is 5.75 Å². The second-order valence-electron chi connectivity index (χ2n) is 7.69. The van der Waals surface area contributed by atoms with Crippen LogP contribution in [0, 0.1) is 5.41 Å². The van der Waals surface area contributed by atoms with E-state index >= 15 is 0 Å². The van der Waals surface area contributed by atoms with Crippen LogP contribution < -0.4 is 4.74 Å². The summed E-state index contributed by atoms with van der Waals surface area (Å²) in [4.78, 5) is 14.9. The molecule has 1 aromatic heterocycles. The Labute approximate surface area is 154 Å². The first kappa shape index (κ1) is 17.1. The lowest BCUT2D eigenvalue weighted by molar-refractivity contribution is -0.130. The number of ether oxygens (including phenoxy) is 1. The second-order valence-corrected chi connectivity index (χ2v) is 7.69. The van der Waals surface area contributed by atoms with E-state index in [9.17, 15) is 4.79 Å². The lowest BCUT2D eigenvalue weighted by Crippen LogP contribution is -2.38. The van der Waals surface area contributed by atoms with Crippen LogP contribution in [-0.2, 0) is 18.3 Å². The Bertz CT molecular complexity index is 797. The van der Waals surface area contributed by atoms with Gasteiger partial charge in [0.2, 0.25) is 5.91 Å². The number of aryl methyl sites for hydroxylation is 2. The highest BCUT2D eigenvalue weighted by Crippen LogP contribution is 2.55. The van der Waals surface area contributed by atoms with Crippen molar-refractivity contribution < 1.29 is 9.53 Å². The van der Waals surface area contributed by atoms with Crippen LogP contribution in [0.1, 0.15) is 43.0 Å². The molecule has 138 valence electrons. The van der Waals surface area contributed by atoms with Gasteiger partial charge in [0.15, 0.2) is 0 Å². The highest BCUT2D eigenvalue weighted by Gasteiger charge is 2.53. The summed E-state index contributed by atoms with van der Waals surface area (Å²) in [6.07, 6.45) is 6.66. The highest BCUT2D eigenvalue weighted by molar-refractivity contribution is 5.77. The molecule has 1 saturated carbocycles. The normalized spacial score (nSPS) is 21.0. The molecule has 1 saturated heterocycles. The van der Waals surface area contributed by atoms with Crippen LogP contribution in [-0.4, -0.2) is 45.8 Å². The number of methoxy groups -OCH3 is 1. The predicted octanol–water partition coefficient (Wildman–Crippen LogP) is 2.55. The molecule has 1 unspecified atom stereocenters. The molecule has 1 atom stereocenters. The Morgan fingerprint density at radius 3 is 2.88 bits per heavy atom. The van der Waals surface area contributed by atoms with Gasteiger partial charge in [0.25, 0.3) is 0 Å². The van der Waals surface area contributed by atoms with Gasteiger partial charge in [-0.1, -0.05) is 18.6 Å². The van der Waals surface area contributed by atoms with Crippen LogP contribution in [0.25, 0.3) is 0 Å². The van der Waals surface area contributed by atoms with Crippen LogP contribution in [0.5, 0.6) is 5.75 Å². The number of benzene rings is 1. The van der Waals surface area contributed by atoms with E-state index in [0.29, 0.717) is 12.3 Å². The zero-order valence-electron chi connectivity index (χ0n) is 15.5. The summed E-state index contributed by atoms with van der Waals surface area (Å²) in [7, 11) is 3.66. The van der Waals surface area contributed by atoms with Crippen molar-refractivity contribution in [2.24, 2.45) is 12.5 Å². The first-order valence-corrected chi connectivity index (χ1v) is 9.36. The van der Waals surface area contributed by atoms with Gasteiger partial charge in [0.05, 0.1) is 7.11 Å². The Kier molecular flexibility index (Phi) is 4.42. The maximum absolute atomic E-state index is 12.9. The SMILES string of the molecule is COc1cccc(CCC(=O)N2CC(c3nncn3C)C3(CCC3)C2)c1. The first-order chi connectivity index (χ1) is 12.6. The molecule has 1 spiro atoms. The zero-order valence-corrected chi connectivity index (χ0v) is 15.5. The fourth-order valence-corrected chi connectivity index (χ4v) is 4.50. The fourth-order valence-electron chi connectivity index (χ4n) is 4.50. The third-order valence-corrected chi connectivity index (χ3v) is 6.17. The molecule has 2 heterocycles. The zero-order chi connectivity index (χ0) is 18.1. The van der Waals surface area contributed by atoms with Gasteiger partial charge < -0.3 is 14.2 Å². The van der Waals surface area contributed by atoms with E-state index in [-0.39, 0.29) is 11.3 Å². The van der Waals surface area contributed by atoms with Gasteiger partial charge in [-0.15, -0.1) is 10.2 Å². The topological polar surface area (TPSA) is 60.2 Å². The molecule has 0 radical (unpaired) electrons. The van der Waals surface area contributed by atoms with Crippen molar-refractivity contribution >= 4 is 5.91 Å². The smallest absolute Gasteiger partial charge is 0.222 e. The second kappa shape index (κ2) is 6.74. The Balaban J connectivity index is 1.43. The van der Waals surface area contributed by atoms with Crippen LogP contribution in [0.3, 0.4) is 0 Å². The number of hydrogen-bond acceptors (Lipinski definition) is 4. The molecule has 2 aliphatic rings. The van der Waals surface area contributed by atoms with Gasteiger partial charge in [0, 0.05) is 32.5 Å². The number of rotatable bonds is 5. The maximum Gasteiger partial charge on any atom is 0.222 e.